The first kappa shape index (κ1) is 22.7. The molecule has 0 radical (unpaired) electrons. The highest BCUT2D eigenvalue weighted by atomic mass is 16.5. The summed E-state index contributed by atoms with van der Waals surface area (Å²) in [5.74, 6) is 1.51. The van der Waals surface area contributed by atoms with E-state index in [2.05, 4.69) is 19.2 Å². The molecule has 2 heterocycles. The van der Waals surface area contributed by atoms with E-state index in [0.29, 0.717) is 50.5 Å². The minimum Gasteiger partial charge on any atom is -0.378 e. The number of carbonyl (C=O) groups excluding carboxylic acids is 2. The van der Waals surface area contributed by atoms with Crippen molar-refractivity contribution in [3.63, 3.8) is 0 Å². The maximum atomic E-state index is 13.3. The minimum atomic E-state index is 0.0784. The van der Waals surface area contributed by atoms with Gasteiger partial charge in [-0.15, -0.1) is 0 Å². The second kappa shape index (κ2) is 10.4. The maximum absolute atomic E-state index is 13.3. The van der Waals surface area contributed by atoms with Crippen molar-refractivity contribution in [2.75, 3.05) is 32.8 Å². The number of benzene rings is 1. The summed E-state index contributed by atoms with van der Waals surface area (Å²) in [5.41, 5.74) is 2.68. The summed E-state index contributed by atoms with van der Waals surface area (Å²) in [5, 5.41) is 4.03. The van der Waals surface area contributed by atoms with Crippen LogP contribution in [0.5, 0.6) is 0 Å². The molecule has 0 unspecified atom stereocenters. The molecule has 1 aromatic carbocycles. The lowest BCUT2D eigenvalue weighted by Crippen LogP contribution is -2.40. The van der Waals surface area contributed by atoms with Gasteiger partial charge >= 0.3 is 0 Å². The number of aromatic nitrogens is 1. The molecule has 4 rings (SSSR count). The van der Waals surface area contributed by atoms with Crippen LogP contribution in [0.4, 0.5) is 0 Å². The summed E-state index contributed by atoms with van der Waals surface area (Å²) in [6.07, 6.45) is 4.83. The second-order valence-corrected chi connectivity index (χ2v) is 9.64. The van der Waals surface area contributed by atoms with Crippen LogP contribution in [-0.2, 0) is 9.53 Å². The summed E-state index contributed by atoms with van der Waals surface area (Å²) in [6, 6.07) is 9.99. The van der Waals surface area contributed by atoms with Gasteiger partial charge in [-0.3, -0.25) is 14.6 Å². The molecule has 0 spiro atoms. The number of carbonyl (C=O) groups is 2. The molecule has 0 bridgehead atoms. The highest BCUT2D eigenvalue weighted by Crippen LogP contribution is 2.36. The summed E-state index contributed by atoms with van der Waals surface area (Å²) in [4.78, 5) is 32.2. The maximum Gasteiger partial charge on any atom is 0.254 e. The van der Waals surface area contributed by atoms with Gasteiger partial charge < -0.3 is 15.0 Å². The monoisotopic (exact) mass is 437 g/mol. The topological polar surface area (TPSA) is 71.5 Å². The lowest BCUT2D eigenvalue weighted by atomic mass is 9.80. The number of morpholine rings is 1. The second-order valence-electron chi connectivity index (χ2n) is 9.64. The Morgan fingerprint density at radius 2 is 1.84 bits per heavy atom. The van der Waals surface area contributed by atoms with E-state index in [4.69, 9.17) is 9.72 Å². The van der Waals surface area contributed by atoms with Crippen LogP contribution in [0, 0.1) is 11.8 Å². The zero-order valence-corrected chi connectivity index (χ0v) is 19.3. The van der Waals surface area contributed by atoms with Crippen molar-refractivity contribution in [1.29, 1.82) is 0 Å². The van der Waals surface area contributed by atoms with Gasteiger partial charge in [-0.1, -0.05) is 32.0 Å². The molecule has 1 aliphatic carbocycles. The fourth-order valence-electron chi connectivity index (χ4n) is 4.88. The first-order chi connectivity index (χ1) is 15.5. The van der Waals surface area contributed by atoms with E-state index >= 15 is 0 Å². The standard InChI is InChI=1S/C26H35N3O3/c1-18(2)15-25(30)27-17-19-7-9-20(10-8-19)24-16-22(21-5-3-4-6-23(21)28-24)26(31)29-11-13-32-14-12-29/h3-6,16,18-20H,7-15,17H2,1-2H3,(H,27,30). The Morgan fingerprint density at radius 1 is 1.12 bits per heavy atom. The molecule has 2 aliphatic rings. The van der Waals surface area contributed by atoms with Gasteiger partial charge in [-0.25, -0.2) is 0 Å². The first-order valence-corrected chi connectivity index (χ1v) is 12.0. The van der Waals surface area contributed by atoms with Gasteiger partial charge in [0, 0.05) is 43.1 Å². The van der Waals surface area contributed by atoms with E-state index in [-0.39, 0.29) is 11.8 Å². The van der Waals surface area contributed by atoms with Gasteiger partial charge in [0.15, 0.2) is 0 Å². The number of ether oxygens (including phenoxy) is 1. The van der Waals surface area contributed by atoms with Crippen LogP contribution in [-0.4, -0.2) is 54.5 Å². The Bertz CT molecular complexity index is 944. The predicted octanol–water partition coefficient (Wildman–Crippen LogP) is 4.14. The molecule has 2 amide bonds. The molecule has 1 N–H and O–H groups in total. The summed E-state index contributed by atoms with van der Waals surface area (Å²) >= 11 is 0. The molecule has 1 aliphatic heterocycles. The Morgan fingerprint density at radius 3 is 2.56 bits per heavy atom. The van der Waals surface area contributed by atoms with E-state index < -0.39 is 0 Å². The number of pyridine rings is 1. The van der Waals surface area contributed by atoms with Gasteiger partial charge in [-0.05, 0) is 49.7 Å². The SMILES string of the molecule is CC(C)CC(=O)NCC1CCC(c2cc(C(=O)N3CCOCC3)c3ccccc3n2)CC1. The van der Waals surface area contributed by atoms with Crippen LogP contribution in [0.2, 0.25) is 0 Å². The van der Waals surface area contributed by atoms with Crippen molar-refractivity contribution < 1.29 is 14.3 Å². The molecule has 1 saturated carbocycles. The summed E-state index contributed by atoms with van der Waals surface area (Å²) < 4.78 is 5.42. The number of para-hydroxylation sites is 1. The molecule has 172 valence electrons. The lowest BCUT2D eigenvalue weighted by molar-refractivity contribution is -0.122. The number of rotatable bonds is 6. The van der Waals surface area contributed by atoms with Gasteiger partial charge in [0.1, 0.15) is 0 Å². The minimum absolute atomic E-state index is 0.0784. The fourth-order valence-corrected chi connectivity index (χ4v) is 4.88. The van der Waals surface area contributed by atoms with Crippen LogP contribution in [0.15, 0.2) is 30.3 Å². The lowest BCUT2D eigenvalue weighted by Gasteiger charge is -2.30. The average molecular weight is 438 g/mol. The van der Waals surface area contributed by atoms with Crippen LogP contribution < -0.4 is 5.32 Å². The van der Waals surface area contributed by atoms with E-state index in [1.807, 2.05) is 35.2 Å². The average Bonchev–Trinajstić information content (AvgIpc) is 2.82. The van der Waals surface area contributed by atoms with Crippen molar-refractivity contribution in [3.05, 3.63) is 41.6 Å². The smallest absolute Gasteiger partial charge is 0.254 e. The van der Waals surface area contributed by atoms with E-state index in [1.54, 1.807) is 0 Å². The van der Waals surface area contributed by atoms with Gasteiger partial charge in [0.05, 0.1) is 24.3 Å². The van der Waals surface area contributed by atoms with Crippen LogP contribution in [0.1, 0.15) is 67.9 Å². The summed E-state index contributed by atoms with van der Waals surface area (Å²) in [6.45, 7) is 7.37. The third-order valence-electron chi connectivity index (χ3n) is 6.71. The number of amides is 2. The van der Waals surface area contributed by atoms with Gasteiger partial charge in [0.25, 0.3) is 5.91 Å². The third kappa shape index (κ3) is 5.47. The highest BCUT2D eigenvalue weighted by Gasteiger charge is 2.27. The fraction of sp³-hybridized carbons (Fsp3) is 0.577. The largest absolute Gasteiger partial charge is 0.378 e. The molecule has 2 fully saturated rings. The van der Waals surface area contributed by atoms with Gasteiger partial charge in [0.2, 0.25) is 5.91 Å². The van der Waals surface area contributed by atoms with E-state index in [9.17, 15) is 9.59 Å². The Balaban J connectivity index is 1.45. The molecule has 1 aromatic heterocycles. The Labute approximate surface area is 190 Å². The van der Waals surface area contributed by atoms with Crippen molar-refractivity contribution in [3.8, 4) is 0 Å². The van der Waals surface area contributed by atoms with Crippen LogP contribution in [0.3, 0.4) is 0 Å². The highest BCUT2D eigenvalue weighted by molar-refractivity contribution is 6.06. The number of hydrogen-bond acceptors (Lipinski definition) is 4. The normalized spacial score (nSPS) is 21.7. The molecular weight excluding hydrogens is 402 g/mol. The predicted molar refractivity (Wildman–Crippen MR) is 126 cm³/mol. The zero-order chi connectivity index (χ0) is 22.5. The Kier molecular flexibility index (Phi) is 7.40. The molecule has 0 atom stereocenters. The van der Waals surface area contributed by atoms with Crippen molar-refractivity contribution in [2.45, 2.75) is 51.9 Å². The quantitative estimate of drug-likeness (QED) is 0.737. The third-order valence-corrected chi connectivity index (χ3v) is 6.71. The van der Waals surface area contributed by atoms with Crippen molar-refractivity contribution in [2.24, 2.45) is 11.8 Å². The van der Waals surface area contributed by atoms with Crippen LogP contribution in [0.25, 0.3) is 10.9 Å². The molecule has 32 heavy (non-hydrogen) atoms. The number of nitrogens with zero attached hydrogens (tertiary/aromatic N) is 2. The van der Waals surface area contributed by atoms with E-state index in [1.165, 1.54) is 0 Å². The molecule has 6 nitrogen and oxygen atoms in total. The molecular formula is C26H35N3O3. The van der Waals surface area contributed by atoms with E-state index in [0.717, 1.165) is 54.4 Å². The molecule has 6 heteroatoms. The number of fused-ring (bicyclic) bond motifs is 1. The van der Waals surface area contributed by atoms with Gasteiger partial charge in [-0.2, -0.15) is 0 Å². The zero-order valence-electron chi connectivity index (χ0n) is 19.3. The van der Waals surface area contributed by atoms with Crippen molar-refractivity contribution in [1.82, 2.24) is 15.2 Å². The molecule has 2 aromatic rings. The first-order valence-electron chi connectivity index (χ1n) is 12.0. The summed E-state index contributed by atoms with van der Waals surface area (Å²) in [7, 11) is 0. The number of nitrogens with one attached hydrogen (secondary N) is 1. The molecule has 1 saturated heterocycles. The number of hydrogen-bond donors (Lipinski definition) is 1. The Hall–Kier alpha value is -2.47. The van der Waals surface area contributed by atoms with Crippen LogP contribution >= 0.6 is 0 Å². The van der Waals surface area contributed by atoms with Crippen molar-refractivity contribution >= 4 is 22.7 Å².